The molecule has 1 aromatic heterocycles. The van der Waals surface area contributed by atoms with E-state index in [1.165, 1.54) is 11.8 Å². The molecule has 0 aromatic carbocycles. The predicted octanol–water partition coefficient (Wildman–Crippen LogP) is 1.33. The summed E-state index contributed by atoms with van der Waals surface area (Å²) in [6.07, 6.45) is 3.91. The molecule has 2 rings (SSSR count). The molecule has 1 aliphatic heterocycles. The standard InChI is InChI=1S/C13H20N4OS/c1-9-8-11(16-13(14-9)19-3)12(18)15-10-4-6-17(2)7-5-10/h8,10H,4-7H2,1-3H3,(H,15,18). The Labute approximate surface area is 118 Å². The van der Waals surface area contributed by atoms with Gasteiger partial charge in [0.25, 0.3) is 5.91 Å². The quantitative estimate of drug-likeness (QED) is 0.668. The summed E-state index contributed by atoms with van der Waals surface area (Å²) in [5, 5.41) is 3.72. The molecule has 0 atom stereocenters. The zero-order chi connectivity index (χ0) is 13.8. The number of amides is 1. The normalized spacial score (nSPS) is 17.4. The fourth-order valence-corrected chi connectivity index (χ4v) is 2.59. The number of carbonyl (C=O) groups excluding carboxylic acids is 1. The smallest absolute Gasteiger partial charge is 0.270 e. The third-order valence-corrected chi connectivity index (χ3v) is 3.85. The maximum absolute atomic E-state index is 12.2. The monoisotopic (exact) mass is 280 g/mol. The molecule has 0 radical (unpaired) electrons. The topological polar surface area (TPSA) is 58.1 Å². The van der Waals surface area contributed by atoms with Crippen LogP contribution in [0.1, 0.15) is 29.0 Å². The van der Waals surface area contributed by atoms with Gasteiger partial charge in [-0.2, -0.15) is 0 Å². The molecule has 5 nitrogen and oxygen atoms in total. The van der Waals surface area contributed by atoms with Gasteiger partial charge in [-0.25, -0.2) is 9.97 Å². The minimum Gasteiger partial charge on any atom is -0.348 e. The van der Waals surface area contributed by atoms with Gasteiger partial charge in [0, 0.05) is 11.7 Å². The Morgan fingerprint density at radius 1 is 1.42 bits per heavy atom. The van der Waals surface area contributed by atoms with Crippen LogP contribution >= 0.6 is 11.8 Å². The Kier molecular flexibility index (Phi) is 4.76. The number of piperidine rings is 1. The molecule has 19 heavy (non-hydrogen) atoms. The van der Waals surface area contributed by atoms with E-state index in [0.717, 1.165) is 31.6 Å². The molecule has 0 bridgehead atoms. The van der Waals surface area contributed by atoms with Gasteiger partial charge in [-0.15, -0.1) is 0 Å². The van der Waals surface area contributed by atoms with Gasteiger partial charge in [0.2, 0.25) is 0 Å². The molecular weight excluding hydrogens is 260 g/mol. The lowest BCUT2D eigenvalue weighted by Crippen LogP contribution is -2.43. The first-order valence-corrected chi connectivity index (χ1v) is 7.70. The van der Waals surface area contributed by atoms with Crippen LogP contribution in [0.2, 0.25) is 0 Å². The highest BCUT2D eigenvalue weighted by atomic mass is 32.2. The first kappa shape index (κ1) is 14.3. The Morgan fingerprint density at radius 2 is 2.11 bits per heavy atom. The van der Waals surface area contributed by atoms with E-state index in [2.05, 4.69) is 27.2 Å². The highest BCUT2D eigenvalue weighted by Crippen LogP contribution is 2.12. The van der Waals surface area contributed by atoms with Crippen LogP contribution in [0.4, 0.5) is 0 Å². The molecule has 0 aliphatic carbocycles. The number of aromatic nitrogens is 2. The molecule has 0 saturated carbocycles. The van der Waals surface area contributed by atoms with Crippen molar-refractivity contribution in [1.82, 2.24) is 20.2 Å². The Hall–Kier alpha value is -1.14. The molecule has 104 valence electrons. The van der Waals surface area contributed by atoms with E-state index in [-0.39, 0.29) is 11.9 Å². The van der Waals surface area contributed by atoms with E-state index >= 15 is 0 Å². The molecule has 6 heteroatoms. The molecule has 0 spiro atoms. The summed E-state index contributed by atoms with van der Waals surface area (Å²) in [6.45, 7) is 3.95. The van der Waals surface area contributed by atoms with Crippen LogP contribution in [-0.2, 0) is 0 Å². The summed E-state index contributed by atoms with van der Waals surface area (Å²) < 4.78 is 0. The second kappa shape index (κ2) is 6.34. The third kappa shape index (κ3) is 3.91. The van der Waals surface area contributed by atoms with Crippen molar-refractivity contribution < 1.29 is 4.79 Å². The Morgan fingerprint density at radius 3 is 2.74 bits per heavy atom. The van der Waals surface area contributed by atoms with Crippen LogP contribution < -0.4 is 5.32 Å². The Bertz CT molecular complexity index is 458. The largest absolute Gasteiger partial charge is 0.348 e. The summed E-state index contributed by atoms with van der Waals surface area (Å²) >= 11 is 1.45. The van der Waals surface area contributed by atoms with Gasteiger partial charge in [-0.1, -0.05) is 11.8 Å². The number of nitrogens with zero attached hydrogens (tertiary/aromatic N) is 3. The number of aryl methyl sites for hydroxylation is 1. The van der Waals surface area contributed by atoms with Crippen LogP contribution in [-0.4, -0.2) is 53.2 Å². The van der Waals surface area contributed by atoms with Crippen LogP contribution in [0.25, 0.3) is 0 Å². The average Bonchev–Trinajstić information content (AvgIpc) is 2.40. The maximum Gasteiger partial charge on any atom is 0.270 e. The van der Waals surface area contributed by atoms with Gasteiger partial charge >= 0.3 is 0 Å². The predicted molar refractivity (Wildman–Crippen MR) is 76.5 cm³/mol. The van der Waals surface area contributed by atoms with Crippen molar-refractivity contribution in [2.24, 2.45) is 0 Å². The second-order valence-corrected chi connectivity index (χ2v) is 5.71. The van der Waals surface area contributed by atoms with Crippen LogP contribution in [0.5, 0.6) is 0 Å². The zero-order valence-corrected chi connectivity index (χ0v) is 12.5. The molecule has 1 aromatic rings. The number of nitrogens with one attached hydrogen (secondary N) is 1. The van der Waals surface area contributed by atoms with E-state index in [0.29, 0.717) is 10.9 Å². The van der Waals surface area contributed by atoms with Crippen molar-refractivity contribution >= 4 is 17.7 Å². The molecule has 1 aliphatic rings. The van der Waals surface area contributed by atoms with Gasteiger partial charge < -0.3 is 10.2 Å². The first-order chi connectivity index (χ1) is 9.08. The number of hydrogen-bond acceptors (Lipinski definition) is 5. The fraction of sp³-hybridized carbons (Fsp3) is 0.615. The summed E-state index contributed by atoms with van der Waals surface area (Å²) in [4.78, 5) is 23.0. The van der Waals surface area contributed by atoms with Gasteiger partial charge in [0.05, 0.1) is 0 Å². The van der Waals surface area contributed by atoms with Crippen molar-refractivity contribution in [2.75, 3.05) is 26.4 Å². The van der Waals surface area contributed by atoms with Gasteiger partial charge in [-0.05, 0) is 52.2 Å². The zero-order valence-electron chi connectivity index (χ0n) is 11.6. The first-order valence-electron chi connectivity index (χ1n) is 6.47. The van der Waals surface area contributed by atoms with E-state index in [1.54, 1.807) is 6.07 Å². The number of rotatable bonds is 3. The lowest BCUT2D eigenvalue weighted by Gasteiger charge is -2.29. The number of carbonyl (C=O) groups is 1. The van der Waals surface area contributed by atoms with Gasteiger partial charge in [-0.3, -0.25) is 4.79 Å². The number of likely N-dealkylation sites (tertiary alicyclic amines) is 1. The number of hydrogen-bond donors (Lipinski definition) is 1. The summed E-state index contributed by atoms with van der Waals surface area (Å²) in [5.41, 5.74) is 1.30. The van der Waals surface area contributed by atoms with Crippen LogP contribution in [0.3, 0.4) is 0 Å². The lowest BCUT2D eigenvalue weighted by atomic mass is 10.1. The van der Waals surface area contributed by atoms with Crippen molar-refractivity contribution in [3.05, 3.63) is 17.5 Å². The van der Waals surface area contributed by atoms with Crippen LogP contribution in [0.15, 0.2) is 11.2 Å². The van der Waals surface area contributed by atoms with Gasteiger partial charge in [0.15, 0.2) is 5.16 Å². The van der Waals surface area contributed by atoms with E-state index < -0.39 is 0 Å². The highest BCUT2D eigenvalue weighted by Gasteiger charge is 2.20. The second-order valence-electron chi connectivity index (χ2n) is 4.93. The van der Waals surface area contributed by atoms with E-state index in [1.807, 2.05) is 13.2 Å². The fourth-order valence-electron chi connectivity index (χ4n) is 2.16. The van der Waals surface area contributed by atoms with E-state index in [9.17, 15) is 4.79 Å². The van der Waals surface area contributed by atoms with E-state index in [4.69, 9.17) is 0 Å². The van der Waals surface area contributed by atoms with Crippen molar-refractivity contribution in [3.8, 4) is 0 Å². The average molecular weight is 280 g/mol. The molecule has 1 N–H and O–H groups in total. The van der Waals surface area contributed by atoms with Gasteiger partial charge in [0.1, 0.15) is 5.69 Å². The minimum atomic E-state index is -0.0876. The molecule has 2 heterocycles. The SMILES string of the molecule is CSc1nc(C)cc(C(=O)NC2CCN(C)CC2)n1. The number of thioether (sulfide) groups is 1. The molecule has 1 amide bonds. The molecule has 1 saturated heterocycles. The summed E-state index contributed by atoms with van der Waals surface area (Å²) in [5.74, 6) is -0.0876. The summed E-state index contributed by atoms with van der Waals surface area (Å²) in [7, 11) is 2.11. The minimum absolute atomic E-state index is 0.0876. The van der Waals surface area contributed by atoms with Crippen molar-refractivity contribution in [3.63, 3.8) is 0 Å². The van der Waals surface area contributed by atoms with Crippen molar-refractivity contribution in [2.45, 2.75) is 31.0 Å². The molecule has 1 fully saturated rings. The van der Waals surface area contributed by atoms with Crippen LogP contribution in [0, 0.1) is 6.92 Å². The van der Waals surface area contributed by atoms with Crippen molar-refractivity contribution in [1.29, 1.82) is 0 Å². The maximum atomic E-state index is 12.2. The third-order valence-electron chi connectivity index (χ3n) is 3.30. The molecular formula is C13H20N4OS. The lowest BCUT2D eigenvalue weighted by molar-refractivity contribution is 0.0910. The highest BCUT2D eigenvalue weighted by molar-refractivity contribution is 7.98. The summed E-state index contributed by atoms with van der Waals surface area (Å²) in [6, 6.07) is 2.00. The Balaban J connectivity index is 2.01. The molecule has 0 unspecified atom stereocenters.